The highest BCUT2D eigenvalue weighted by molar-refractivity contribution is 8.00. The second-order valence-corrected chi connectivity index (χ2v) is 12.1. The molecule has 18 heteroatoms. The van der Waals surface area contributed by atoms with Crippen molar-refractivity contribution in [1.82, 2.24) is 39.6 Å². The molecule has 0 aromatic carbocycles. The Hall–Kier alpha value is -2.77. The maximum absolute atomic E-state index is 12.4. The van der Waals surface area contributed by atoms with Crippen LogP contribution in [0.25, 0.3) is 11.2 Å². The number of nitrogens with zero attached hydrogens (tertiary/aromatic N) is 4. The van der Waals surface area contributed by atoms with Crippen molar-refractivity contribution in [2.45, 2.75) is 67.6 Å². The van der Waals surface area contributed by atoms with Crippen LogP contribution in [0.15, 0.2) is 12.7 Å². The second kappa shape index (κ2) is 10.8. The third kappa shape index (κ3) is 5.50. The van der Waals surface area contributed by atoms with Gasteiger partial charge in [-0.25, -0.2) is 24.5 Å². The fourth-order valence-electron chi connectivity index (χ4n) is 4.89. The number of unbranched alkanes of at least 4 members (excludes halogenated alkanes) is 1. The number of aromatic nitrogens is 4. The van der Waals surface area contributed by atoms with Crippen molar-refractivity contribution >= 4 is 50.9 Å². The summed E-state index contributed by atoms with van der Waals surface area (Å²) in [5, 5.41) is 27.0. The lowest BCUT2D eigenvalue weighted by molar-refractivity contribution is -0.119. The zero-order valence-corrected chi connectivity index (χ0v) is 21.7. The van der Waals surface area contributed by atoms with E-state index in [0.717, 1.165) is 12.2 Å². The largest absolute Gasteiger partial charge is 0.387 e. The number of amides is 3. The molecule has 208 valence electrons. The van der Waals surface area contributed by atoms with E-state index in [4.69, 9.17) is 10.5 Å². The van der Waals surface area contributed by atoms with Crippen LogP contribution in [0, 0.1) is 0 Å². The fourth-order valence-corrected chi connectivity index (χ4v) is 7.29. The van der Waals surface area contributed by atoms with Crippen LogP contribution in [0.1, 0.15) is 31.9 Å². The molecule has 0 saturated carbocycles. The van der Waals surface area contributed by atoms with Gasteiger partial charge in [0.05, 0.1) is 18.4 Å². The predicted molar refractivity (Wildman–Crippen MR) is 135 cm³/mol. The lowest BCUT2D eigenvalue weighted by Gasteiger charge is -2.17. The number of anilines is 1. The summed E-state index contributed by atoms with van der Waals surface area (Å²) < 4.78 is 35.9. The molecule has 16 nitrogen and oxygen atoms in total. The summed E-state index contributed by atoms with van der Waals surface area (Å²) in [7, 11) is -4.23. The molecule has 0 spiro atoms. The van der Waals surface area contributed by atoms with E-state index < -0.39 is 47.2 Å². The van der Waals surface area contributed by atoms with Crippen LogP contribution in [0.5, 0.6) is 0 Å². The first kappa shape index (κ1) is 26.8. The Balaban J connectivity index is 1.07. The van der Waals surface area contributed by atoms with E-state index in [1.165, 1.54) is 17.2 Å². The lowest BCUT2D eigenvalue weighted by atomic mass is 10.0. The van der Waals surface area contributed by atoms with E-state index in [9.17, 15) is 28.2 Å². The van der Waals surface area contributed by atoms with Crippen LogP contribution < -0.4 is 25.8 Å². The molecule has 3 saturated heterocycles. The number of urea groups is 1. The molecule has 38 heavy (non-hydrogen) atoms. The van der Waals surface area contributed by atoms with Crippen LogP contribution >= 0.6 is 11.8 Å². The van der Waals surface area contributed by atoms with E-state index in [0.29, 0.717) is 12.8 Å². The summed E-state index contributed by atoms with van der Waals surface area (Å²) in [6, 6.07) is 0.0526. The third-order valence-electron chi connectivity index (χ3n) is 6.80. The number of aliphatic hydroxyl groups excluding tert-OH is 2. The van der Waals surface area contributed by atoms with Crippen molar-refractivity contribution in [2.24, 2.45) is 0 Å². The normalized spacial score (nSPS) is 30.8. The number of ether oxygens (including phenoxy) is 1. The Labute approximate surface area is 221 Å². The van der Waals surface area contributed by atoms with Gasteiger partial charge in [-0.2, -0.15) is 24.9 Å². The van der Waals surface area contributed by atoms with Crippen molar-refractivity contribution in [1.29, 1.82) is 0 Å². The zero-order chi connectivity index (χ0) is 27.0. The highest BCUT2D eigenvalue weighted by atomic mass is 32.2. The molecule has 2 aromatic heterocycles. The minimum absolute atomic E-state index is 0.0129. The number of aliphatic hydroxyl groups is 2. The molecule has 7 unspecified atom stereocenters. The van der Waals surface area contributed by atoms with Crippen molar-refractivity contribution in [2.75, 3.05) is 18.0 Å². The molecule has 3 aliphatic heterocycles. The molecular formula is C20H29N9O7S2. The first-order chi connectivity index (χ1) is 18.1. The zero-order valence-electron chi connectivity index (χ0n) is 20.1. The quantitative estimate of drug-likeness (QED) is 0.118. The molecule has 2 aromatic rings. The van der Waals surface area contributed by atoms with Gasteiger partial charge in [-0.15, -0.1) is 0 Å². The van der Waals surface area contributed by atoms with Crippen LogP contribution in [0.2, 0.25) is 0 Å². The summed E-state index contributed by atoms with van der Waals surface area (Å²) >= 11 is 1.77. The summed E-state index contributed by atoms with van der Waals surface area (Å²) in [4.78, 5) is 35.7. The van der Waals surface area contributed by atoms with Gasteiger partial charge >= 0.3 is 16.2 Å². The molecule has 8 N–H and O–H groups in total. The molecule has 5 heterocycles. The number of carbonyl (C=O) groups excluding carboxylic acids is 2. The minimum Gasteiger partial charge on any atom is -0.387 e. The summed E-state index contributed by atoms with van der Waals surface area (Å²) in [5.74, 6) is 0.308. The second-order valence-electron chi connectivity index (χ2n) is 9.37. The molecule has 0 bridgehead atoms. The van der Waals surface area contributed by atoms with E-state index >= 15 is 0 Å². The molecule has 0 aliphatic carbocycles. The van der Waals surface area contributed by atoms with Gasteiger partial charge in [0, 0.05) is 24.0 Å². The molecule has 3 fully saturated rings. The van der Waals surface area contributed by atoms with Crippen molar-refractivity contribution in [3.63, 3.8) is 0 Å². The Morgan fingerprint density at radius 2 is 2.05 bits per heavy atom. The standard InChI is InChI=1S/C20H29N9O7S2/c21-17-14-18(23-7-22-17)29(8-24-14)19-16(32)15(31)10(36-19)5-25-38(34,35)28-12(30)4-2-1-3-11-13-9(6-37-11)26-20(33)27-13/h7-11,13,15-16,19,25,31-32H,1-6H2,(H,28,30)(H2,21,22,23)(H2,26,27,33). The average Bonchev–Trinajstić information content (AvgIpc) is 3.61. The monoisotopic (exact) mass is 571 g/mol. The maximum atomic E-state index is 12.4. The number of nitrogens with one attached hydrogen (secondary N) is 4. The first-order valence-corrected chi connectivity index (χ1v) is 14.6. The molecule has 3 aliphatic rings. The van der Waals surface area contributed by atoms with Gasteiger partial charge in [0.25, 0.3) is 0 Å². The summed E-state index contributed by atoms with van der Waals surface area (Å²) in [6.45, 7) is -0.400. The number of rotatable bonds is 10. The number of imidazole rings is 1. The number of hydrogen-bond donors (Lipinski definition) is 7. The molecule has 3 amide bonds. The Bertz CT molecular complexity index is 1310. The lowest BCUT2D eigenvalue weighted by Crippen LogP contribution is -2.45. The Morgan fingerprint density at radius 3 is 2.87 bits per heavy atom. The SMILES string of the molecule is Nc1ncnc2c1ncn2C1OC(CNS(=O)(=O)NC(=O)CCCCC2SCC3NC(=O)NC32)C(O)C1O. The number of hydrogen-bond acceptors (Lipinski definition) is 12. The van der Waals surface area contributed by atoms with Gasteiger partial charge in [0.1, 0.15) is 30.2 Å². The number of fused-ring (bicyclic) bond motifs is 2. The number of nitrogen functional groups attached to an aromatic ring is 1. The van der Waals surface area contributed by atoms with E-state index in [1.807, 2.05) is 4.72 Å². The third-order valence-corrected chi connectivity index (χ3v) is 9.35. The topological polar surface area (TPSA) is 236 Å². The molecular weight excluding hydrogens is 542 g/mol. The van der Waals surface area contributed by atoms with Gasteiger partial charge < -0.3 is 31.3 Å². The summed E-state index contributed by atoms with van der Waals surface area (Å²) in [5.41, 5.74) is 6.34. The van der Waals surface area contributed by atoms with Crippen LogP contribution in [0.4, 0.5) is 10.6 Å². The highest BCUT2D eigenvalue weighted by Gasteiger charge is 2.45. The fraction of sp³-hybridized carbons (Fsp3) is 0.650. The molecule has 0 radical (unpaired) electrons. The minimum atomic E-state index is -4.23. The number of carbonyl (C=O) groups is 2. The van der Waals surface area contributed by atoms with Crippen molar-refractivity contribution < 1.29 is 33.0 Å². The molecule has 5 rings (SSSR count). The first-order valence-electron chi connectivity index (χ1n) is 12.1. The average molecular weight is 572 g/mol. The Kier molecular flexibility index (Phi) is 7.60. The van der Waals surface area contributed by atoms with Gasteiger partial charge in [0.2, 0.25) is 5.91 Å². The van der Waals surface area contributed by atoms with E-state index in [-0.39, 0.29) is 46.8 Å². The molecule has 7 atom stereocenters. The maximum Gasteiger partial charge on any atom is 0.315 e. The van der Waals surface area contributed by atoms with Gasteiger partial charge in [-0.05, 0) is 12.8 Å². The van der Waals surface area contributed by atoms with Gasteiger partial charge in [0.15, 0.2) is 17.7 Å². The van der Waals surface area contributed by atoms with Crippen LogP contribution in [-0.4, -0.2) is 98.0 Å². The van der Waals surface area contributed by atoms with E-state index in [1.54, 1.807) is 11.8 Å². The summed E-state index contributed by atoms with van der Waals surface area (Å²) in [6.07, 6.45) is -0.494. The predicted octanol–water partition coefficient (Wildman–Crippen LogP) is -2.30. The van der Waals surface area contributed by atoms with Crippen molar-refractivity contribution in [3.8, 4) is 0 Å². The van der Waals surface area contributed by atoms with E-state index in [2.05, 4.69) is 30.3 Å². The smallest absolute Gasteiger partial charge is 0.315 e. The van der Waals surface area contributed by atoms with Crippen LogP contribution in [-0.2, 0) is 19.7 Å². The van der Waals surface area contributed by atoms with Gasteiger partial charge in [-0.1, -0.05) is 6.42 Å². The van der Waals surface area contributed by atoms with Crippen molar-refractivity contribution in [3.05, 3.63) is 12.7 Å². The number of nitrogens with two attached hydrogens (primary N) is 1. The van der Waals surface area contributed by atoms with Crippen LogP contribution in [0.3, 0.4) is 0 Å². The van der Waals surface area contributed by atoms with Gasteiger partial charge in [-0.3, -0.25) is 9.36 Å². The Morgan fingerprint density at radius 1 is 1.24 bits per heavy atom. The highest BCUT2D eigenvalue weighted by Crippen LogP contribution is 2.33. The number of thioether (sulfide) groups is 1.